The van der Waals surface area contributed by atoms with Crippen molar-refractivity contribution in [2.24, 2.45) is 0 Å². The van der Waals surface area contributed by atoms with E-state index in [0.717, 1.165) is 0 Å². The predicted molar refractivity (Wildman–Crippen MR) is 34.3 cm³/mol. The second-order valence-electron chi connectivity index (χ2n) is 2.10. The molecule has 2 heteroatoms. The number of allylic oxidation sites excluding steroid dienone is 1. The minimum absolute atomic E-state index is 0.534. The third-order valence-electron chi connectivity index (χ3n) is 1.28. The minimum atomic E-state index is 0.534. The summed E-state index contributed by atoms with van der Waals surface area (Å²) in [6.45, 7) is 4.15. The summed E-state index contributed by atoms with van der Waals surface area (Å²) in [6.07, 6.45) is 4.49. The first kappa shape index (κ1) is 5.63. The van der Waals surface area contributed by atoms with Gasteiger partial charge in [0.2, 0.25) is 0 Å². The Hall–Kier alpha value is -0.500. The highest BCUT2D eigenvalue weighted by atomic mass is 15.3. The first-order chi connectivity index (χ1) is 3.84. The average Bonchev–Trinajstić information content (AvgIpc) is 2.42. The lowest BCUT2D eigenvalue weighted by molar-refractivity contribution is 0.820. The monoisotopic (exact) mass is 112 g/mol. The van der Waals surface area contributed by atoms with E-state index < -0.39 is 0 Å². The molecule has 0 saturated carbocycles. The van der Waals surface area contributed by atoms with Crippen molar-refractivity contribution in [1.82, 2.24) is 10.6 Å². The average molecular weight is 112 g/mol. The van der Waals surface area contributed by atoms with Crippen molar-refractivity contribution >= 4 is 0 Å². The van der Waals surface area contributed by atoms with Crippen molar-refractivity contribution < 1.29 is 0 Å². The Morgan fingerprint density at radius 3 is 2.62 bits per heavy atom. The minimum Gasteiger partial charge on any atom is -0.375 e. The number of nitrogens with one attached hydrogen (secondary N) is 2. The van der Waals surface area contributed by atoms with Crippen LogP contribution >= 0.6 is 0 Å². The smallest absolute Gasteiger partial charge is 0.0922 e. The van der Waals surface area contributed by atoms with E-state index in [2.05, 4.69) is 17.6 Å². The highest BCUT2D eigenvalue weighted by Crippen LogP contribution is 2.03. The van der Waals surface area contributed by atoms with Crippen LogP contribution in [0.4, 0.5) is 0 Å². The molecule has 1 heterocycles. The van der Waals surface area contributed by atoms with Crippen LogP contribution in [0.15, 0.2) is 12.3 Å². The third kappa shape index (κ3) is 1.23. The van der Waals surface area contributed by atoms with Gasteiger partial charge in [0.25, 0.3) is 0 Å². The zero-order valence-electron chi connectivity index (χ0n) is 5.31. The van der Waals surface area contributed by atoms with Crippen LogP contribution in [0.3, 0.4) is 0 Å². The molecule has 1 fully saturated rings. The lowest BCUT2D eigenvalue weighted by atomic mass is 10.5. The van der Waals surface area contributed by atoms with Crippen LogP contribution in [0.25, 0.3) is 0 Å². The molecule has 0 spiro atoms. The molecule has 2 nitrogen and oxygen atoms in total. The first-order valence-corrected chi connectivity index (χ1v) is 2.98. The van der Waals surface area contributed by atoms with E-state index in [0.29, 0.717) is 12.2 Å². The Kier molecular flexibility index (Phi) is 1.53. The lowest BCUT2D eigenvalue weighted by Gasteiger charge is -1.89. The molecule has 1 aliphatic heterocycles. The topological polar surface area (TPSA) is 34.0 Å². The quantitative estimate of drug-likeness (QED) is 0.508. The Balaban J connectivity index is 2.05. The van der Waals surface area contributed by atoms with Gasteiger partial charge in [-0.3, -0.25) is 5.32 Å². The second-order valence-corrected chi connectivity index (χ2v) is 2.10. The standard InChI is InChI=1S/C6H12N2/c1-3-4-7-6-5(2)8-6/h3-8H,1-2H3/b4-3-. The van der Waals surface area contributed by atoms with Crippen LogP contribution in [-0.2, 0) is 0 Å². The van der Waals surface area contributed by atoms with Gasteiger partial charge in [-0.25, -0.2) is 0 Å². The third-order valence-corrected chi connectivity index (χ3v) is 1.28. The van der Waals surface area contributed by atoms with Crippen molar-refractivity contribution in [2.45, 2.75) is 26.1 Å². The molecular weight excluding hydrogens is 100 g/mol. The summed E-state index contributed by atoms with van der Waals surface area (Å²) in [6, 6.07) is 0.659. The van der Waals surface area contributed by atoms with Crippen LogP contribution in [-0.4, -0.2) is 12.2 Å². The van der Waals surface area contributed by atoms with Crippen LogP contribution in [0, 0.1) is 0 Å². The predicted octanol–water partition coefficient (Wildman–Crippen LogP) is 0.427. The number of hydrogen-bond acceptors (Lipinski definition) is 2. The summed E-state index contributed by atoms with van der Waals surface area (Å²) >= 11 is 0. The van der Waals surface area contributed by atoms with E-state index in [1.807, 2.05) is 19.2 Å². The molecule has 0 aromatic heterocycles. The highest BCUT2D eigenvalue weighted by Gasteiger charge is 2.29. The van der Waals surface area contributed by atoms with Crippen molar-refractivity contribution in [3.8, 4) is 0 Å². The molecule has 0 aromatic carbocycles. The fourth-order valence-corrected chi connectivity index (χ4v) is 0.620. The second kappa shape index (κ2) is 2.18. The van der Waals surface area contributed by atoms with Gasteiger partial charge < -0.3 is 5.32 Å². The van der Waals surface area contributed by atoms with Gasteiger partial charge in [0.05, 0.1) is 6.17 Å². The van der Waals surface area contributed by atoms with Crippen molar-refractivity contribution in [2.75, 3.05) is 0 Å². The Bertz CT molecular complexity index is 98.7. The molecule has 2 N–H and O–H groups in total. The van der Waals surface area contributed by atoms with Crippen LogP contribution in [0.1, 0.15) is 13.8 Å². The largest absolute Gasteiger partial charge is 0.375 e. The van der Waals surface area contributed by atoms with E-state index in [1.54, 1.807) is 0 Å². The van der Waals surface area contributed by atoms with E-state index >= 15 is 0 Å². The maximum atomic E-state index is 3.20. The van der Waals surface area contributed by atoms with Gasteiger partial charge in [-0.2, -0.15) is 0 Å². The van der Waals surface area contributed by atoms with E-state index in [1.165, 1.54) is 0 Å². The zero-order chi connectivity index (χ0) is 5.98. The van der Waals surface area contributed by atoms with Crippen molar-refractivity contribution in [1.29, 1.82) is 0 Å². The molecule has 0 bridgehead atoms. The Morgan fingerprint density at radius 1 is 1.62 bits per heavy atom. The summed E-state index contributed by atoms with van der Waals surface area (Å²) in [7, 11) is 0. The molecule has 46 valence electrons. The Labute approximate surface area is 50.0 Å². The molecule has 1 rings (SSSR count). The molecule has 1 saturated heterocycles. The van der Waals surface area contributed by atoms with E-state index in [9.17, 15) is 0 Å². The summed E-state index contributed by atoms with van der Waals surface area (Å²) in [5.41, 5.74) is 0. The maximum absolute atomic E-state index is 3.20. The van der Waals surface area contributed by atoms with Gasteiger partial charge in [0, 0.05) is 6.04 Å². The molecule has 0 radical (unpaired) electrons. The van der Waals surface area contributed by atoms with Gasteiger partial charge >= 0.3 is 0 Å². The lowest BCUT2D eigenvalue weighted by Crippen LogP contribution is -2.12. The maximum Gasteiger partial charge on any atom is 0.0922 e. The summed E-state index contributed by atoms with van der Waals surface area (Å²) < 4.78 is 0. The number of hydrogen-bond donors (Lipinski definition) is 2. The molecular formula is C6H12N2. The summed E-state index contributed by atoms with van der Waals surface area (Å²) in [4.78, 5) is 0. The SMILES string of the molecule is C/C=C\NC1NC1C. The molecule has 1 aliphatic rings. The molecule has 0 amide bonds. The van der Waals surface area contributed by atoms with Gasteiger partial charge in [-0.05, 0) is 20.0 Å². The van der Waals surface area contributed by atoms with Gasteiger partial charge in [-0.15, -0.1) is 0 Å². The van der Waals surface area contributed by atoms with E-state index in [-0.39, 0.29) is 0 Å². The molecule has 2 atom stereocenters. The Morgan fingerprint density at radius 2 is 2.25 bits per heavy atom. The zero-order valence-corrected chi connectivity index (χ0v) is 5.31. The highest BCUT2D eigenvalue weighted by molar-refractivity contribution is 4.95. The molecule has 0 aromatic rings. The molecule has 2 unspecified atom stereocenters. The molecule has 8 heavy (non-hydrogen) atoms. The summed E-state index contributed by atoms with van der Waals surface area (Å²) in [5.74, 6) is 0. The fraction of sp³-hybridized carbons (Fsp3) is 0.667. The van der Waals surface area contributed by atoms with Crippen molar-refractivity contribution in [3.05, 3.63) is 12.3 Å². The van der Waals surface area contributed by atoms with Gasteiger partial charge in [-0.1, -0.05) is 6.08 Å². The first-order valence-electron chi connectivity index (χ1n) is 2.98. The van der Waals surface area contributed by atoms with Crippen LogP contribution in [0.5, 0.6) is 0 Å². The molecule has 0 aliphatic carbocycles. The van der Waals surface area contributed by atoms with Crippen LogP contribution in [0.2, 0.25) is 0 Å². The fourth-order valence-electron chi connectivity index (χ4n) is 0.620. The van der Waals surface area contributed by atoms with Gasteiger partial charge in [0.15, 0.2) is 0 Å². The van der Waals surface area contributed by atoms with Crippen molar-refractivity contribution in [3.63, 3.8) is 0 Å². The normalized spacial score (nSPS) is 35.8. The van der Waals surface area contributed by atoms with Crippen LogP contribution < -0.4 is 10.6 Å². The van der Waals surface area contributed by atoms with E-state index in [4.69, 9.17) is 0 Å². The number of rotatable bonds is 2. The summed E-state index contributed by atoms with van der Waals surface area (Å²) in [5, 5.41) is 6.37. The van der Waals surface area contributed by atoms with Gasteiger partial charge in [0.1, 0.15) is 0 Å².